The number of hydrogen-bond acceptors (Lipinski definition) is 1. The molecule has 20 rings (SSSR count). The summed E-state index contributed by atoms with van der Waals surface area (Å²) in [6.45, 7) is 6.78. The van der Waals surface area contributed by atoms with Crippen molar-refractivity contribution in [1.82, 2.24) is 13.7 Å². The zero-order chi connectivity index (χ0) is 62.1. The number of para-hydroxylation sites is 4. The Labute approximate surface area is 546 Å². The molecule has 440 valence electrons. The van der Waals surface area contributed by atoms with Crippen LogP contribution in [0, 0.1) is 0 Å². The third-order valence-electron chi connectivity index (χ3n) is 21.2. The summed E-state index contributed by atoms with van der Waals surface area (Å²) in [5.74, 6) is 0. The minimum Gasteiger partial charge on any atom is -0.311 e. The summed E-state index contributed by atoms with van der Waals surface area (Å²) in [5.41, 5.74) is 30.9. The van der Waals surface area contributed by atoms with Gasteiger partial charge in [-0.25, -0.2) is 0 Å². The maximum atomic E-state index is 2.69. The first-order valence-corrected chi connectivity index (χ1v) is 33.0. The summed E-state index contributed by atoms with van der Waals surface area (Å²) in [5, 5.41) is 7.41. The molecule has 0 spiro atoms. The van der Waals surface area contributed by atoms with Crippen LogP contribution >= 0.6 is 0 Å². The number of aromatic nitrogens is 3. The van der Waals surface area contributed by atoms with Crippen molar-refractivity contribution >= 4 is 106 Å². The molecule has 5 heteroatoms. The molecule has 5 heterocycles. The molecule has 3 aromatic heterocycles. The molecular weight excluding hydrogens is 1140 g/mol. The van der Waals surface area contributed by atoms with Gasteiger partial charge in [0, 0.05) is 66.3 Å². The van der Waals surface area contributed by atoms with Gasteiger partial charge in [-0.2, -0.15) is 0 Å². The minimum absolute atomic E-state index is 0.113. The molecule has 0 radical (unpaired) electrons. The molecule has 0 atom stereocenters. The Morgan fingerprint density at radius 3 is 1.53 bits per heavy atom. The summed E-state index contributed by atoms with van der Waals surface area (Å²) in [7, 11) is 0. The highest BCUT2D eigenvalue weighted by atomic mass is 15.2. The van der Waals surface area contributed by atoms with Crippen molar-refractivity contribution < 1.29 is 0 Å². The van der Waals surface area contributed by atoms with Crippen LogP contribution in [0.3, 0.4) is 0 Å². The Hall–Kier alpha value is -11.7. The Morgan fingerprint density at radius 2 is 0.862 bits per heavy atom. The second-order valence-electron chi connectivity index (χ2n) is 27.1. The number of benzene rings is 14. The molecule has 0 fully saturated rings. The van der Waals surface area contributed by atoms with E-state index in [4.69, 9.17) is 0 Å². The summed E-state index contributed by atoms with van der Waals surface area (Å²) in [6.07, 6.45) is 0. The predicted octanol–water partition coefficient (Wildman–Crippen LogP) is 20.6. The standard InChI is InChI=1S/C89H61BN4/c1-88(2,3)61-45-47-78(68(51-61)57-29-11-5-12-30-57)93-81-53-70-69-52-63(92-75-42-24-20-37-64(75)65-38-21-25-43-76(65)92)46-48-79(69)91(62-35-17-8-18-36-62)80(70)55-73(81)90-74-54-72-84(66-39-19-23-41-71(66)89(72,59-31-13-6-14-32-59)60-33-15-7-16-34-60)85-67-40-22-26-44-77(67)94(87(74)85)83-50-58(49-82(93)86(83)90)56-27-9-4-10-28-56/h4-55H,1-3H3. The van der Waals surface area contributed by atoms with E-state index in [-0.39, 0.29) is 12.1 Å². The van der Waals surface area contributed by atoms with Crippen LogP contribution in [0.25, 0.3) is 116 Å². The van der Waals surface area contributed by atoms with Gasteiger partial charge in [0.15, 0.2) is 0 Å². The van der Waals surface area contributed by atoms with E-state index in [1.807, 2.05) is 0 Å². The molecule has 3 aliphatic rings. The molecule has 0 bridgehead atoms. The van der Waals surface area contributed by atoms with Crippen LogP contribution in [0.4, 0.5) is 17.1 Å². The van der Waals surface area contributed by atoms with E-state index in [1.165, 1.54) is 143 Å². The van der Waals surface area contributed by atoms with Gasteiger partial charge >= 0.3 is 0 Å². The number of hydrogen-bond donors (Lipinski definition) is 0. The highest BCUT2D eigenvalue weighted by Gasteiger charge is 2.51. The zero-order valence-electron chi connectivity index (χ0n) is 52.4. The number of nitrogens with zero attached hydrogens (tertiary/aromatic N) is 4. The van der Waals surface area contributed by atoms with Gasteiger partial charge in [-0.1, -0.05) is 251 Å². The van der Waals surface area contributed by atoms with E-state index in [2.05, 4.69) is 355 Å². The third-order valence-corrected chi connectivity index (χ3v) is 21.2. The van der Waals surface area contributed by atoms with Crippen LogP contribution in [0.2, 0.25) is 0 Å². The fourth-order valence-electron chi connectivity index (χ4n) is 17.3. The molecule has 4 nitrogen and oxygen atoms in total. The number of rotatable bonds is 7. The van der Waals surface area contributed by atoms with Gasteiger partial charge in [0.05, 0.1) is 44.2 Å². The van der Waals surface area contributed by atoms with Gasteiger partial charge in [-0.15, -0.1) is 0 Å². The van der Waals surface area contributed by atoms with Crippen molar-refractivity contribution in [2.24, 2.45) is 0 Å². The lowest BCUT2D eigenvalue weighted by Gasteiger charge is -2.42. The molecule has 0 saturated carbocycles. The first-order chi connectivity index (χ1) is 46.3. The Morgan fingerprint density at radius 1 is 0.319 bits per heavy atom. The van der Waals surface area contributed by atoms with Gasteiger partial charge in [0.2, 0.25) is 0 Å². The monoisotopic (exact) mass is 1200 g/mol. The molecule has 0 N–H and O–H groups in total. The first-order valence-electron chi connectivity index (χ1n) is 33.0. The minimum atomic E-state index is -0.650. The lowest BCUT2D eigenvalue weighted by atomic mass is 9.33. The predicted molar refractivity (Wildman–Crippen MR) is 396 cm³/mol. The molecule has 0 unspecified atom stereocenters. The van der Waals surface area contributed by atoms with Gasteiger partial charge in [-0.05, 0) is 162 Å². The smallest absolute Gasteiger partial charge is 0.252 e. The van der Waals surface area contributed by atoms with Crippen LogP contribution in [0.1, 0.15) is 48.6 Å². The molecule has 2 aliphatic heterocycles. The molecule has 17 aromatic rings. The Kier molecular flexibility index (Phi) is 11.1. The summed E-state index contributed by atoms with van der Waals surface area (Å²) < 4.78 is 7.68. The van der Waals surface area contributed by atoms with Gasteiger partial charge in [0.25, 0.3) is 6.71 Å². The van der Waals surface area contributed by atoms with E-state index >= 15 is 0 Å². The second kappa shape index (κ2) is 19.7. The first kappa shape index (κ1) is 53.1. The van der Waals surface area contributed by atoms with Gasteiger partial charge in [0.1, 0.15) is 0 Å². The van der Waals surface area contributed by atoms with E-state index in [0.717, 1.165) is 33.8 Å². The molecule has 14 aromatic carbocycles. The quantitative estimate of drug-likeness (QED) is 0.145. The molecule has 0 saturated heterocycles. The molecule has 0 amide bonds. The van der Waals surface area contributed by atoms with Crippen molar-refractivity contribution in [3.63, 3.8) is 0 Å². The van der Waals surface area contributed by atoms with Crippen LogP contribution < -0.4 is 21.3 Å². The fourth-order valence-corrected chi connectivity index (χ4v) is 17.3. The number of anilines is 3. The van der Waals surface area contributed by atoms with Gasteiger partial charge in [-0.3, -0.25) is 0 Å². The van der Waals surface area contributed by atoms with Crippen molar-refractivity contribution in [2.45, 2.75) is 31.6 Å². The van der Waals surface area contributed by atoms with Crippen molar-refractivity contribution in [1.29, 1.82) is 0 Å². The second-order valence-corrected chi connectivity index (χ2v) is 27.1. The highest BCUT2D eigenvalue weighted by molar-refractivity contribution is 7.00. The topological polar surface area (TPSA) is 18.0 Å². The average molecular weight is 1200 g/mol. The van der Waals surface area contributed by atoms with E-state index in [1.54, 1.807) is 0 Å². The summed E-state index contributed by atoms with van der Waals surface area (Å²) in [4.78, 5) is 2.68. The SMILES string of the molecule is CC(C)(C)c1ccc(N2c3cc4c5cc(-n6c7ccccc7c7ccccc76)ccc5n(-c5ccccc5)c4cc3B3c4c2cc(-c2ccccc2)cc4-n2c4ccccc4c4c5c(cc3c42)C(c2ccccc2)(c2ccccc2)c2ccccc2-5)c(-c2ccccc2)c1. The highest BCUT2D eigenvalue weighted by Crippen LogP contribution is 2.60. The summed E-state index contributed by atoms with van der Waals surface area (Å²) >= 11 is 0. The maximum Gasteiger partial charge on any atom is 0.252 e. The molecule has 94 heavy (non-hydrogen) atoms. The number of fused-ring (bicyclic) bond motifs is 17. The van der Waals surface area contributed by atoms with E-state index < -0.39 is 5.41 Å². The van der Waals surface area contributed by atoms with Crippen LogP contribution in [-0.2, 0) is 10.8 Å². The van der Waals surface area contributed by atoms with Crippen LogP contribution in [0.5, 0.6) is 0 Å². The fraction of sp³-hybridized carbons (Fsp3) is 0.0562. The lowest BCUT2D eigenvalue weighted by molar-refractivity contribution is 0.590. The van der Waals surface area contributed by atoms with Gasteiger partial charge < -0.3 is 18.6 Å². The van der Waals surface area contributed by atoms with E-state index in [0.29, 0.717) is 0 Å². The van der Waals surface area contributed by atoms with Crippen molar-refractivity contribution in [2.75, 3.05) is 4.90 Å². The molecule has 1 aliphatic carbocycles. The zero-order valence-corrected chi connectivity index (χ0v) is 52.4. The maximum absolute atomic E-state index is 2.69. The van der Waals surface area contributed by atoms with Crippen LogP contribution in [0.15, 0.2) is 315 Å². The third kappa shape index (κ3) is 7.24. The van der Waals surface area contributed by atoms with Crippen LogP contribution in [-0.4, -0.2) is 20.4 Å². The van der Waals surface area contributed by atoms with E-state index in [9.17, 15) is 0 Å². The Balaban J connectivity index is 0.984. The average Bonchev–Trinajstić information content (AvgIpc) is 1.44. The summed E-state index contributed by atoms with van der Waals surface area (Å²) in [6, 6.07) is 120. The largest absolute Gasteiger partial charge is 0.311 e. The van der Waals surface area contributed by atoms with Crippen molar-refractivity contribution in [3.05, 3.63) is 343 Å². The van der Waals surface area contributed by atoms with Crippen molar-refractivity contribution in [3.8, 4) is 50.4 Å². The molecular formula is C89H61BN4. The Bertz CT molecular complexity index is 5920. The normalized spacial score (nSPS) is 13.5. The lowest BCUT2D eigenvalue weighted by Crippen LogP contribution is -2.60.